The van der Waals surface area contributed by atoms with Crippen molar-refractivity contribution in [2.75, 3.05) is 0 Å². The number of aryl methyl sites for hydroxylation is 1. The van der Waals surface area contributed by atoms with Crippen LogP contribution in [-0.4, -0.2) is 10.4 Å². The lowest BCUT2D eigenvalue weighted by molar-refractivity contribution is -0.120. The highest BCUT2D eigenvalue weighted by Gasteiger charge is 2.29. The van der Waals surface area contributed by atoms with Crippen LogP contribution in [0.4, 0.5) is 0 Å². The molecule has 0 aliphatic heterocycles. The molecule has 0 amide bonds. The van der Waals surface area contributed by atoms with Gasteiger partial charge in [-0.15, -0.1) is 0 Å². The molecule has 1 heterocycles. The van der Waals surface area contributed by atoms with E-state index >= 15 is 0 Å². The van der Waals surface area contributed by atoms with Gasteiger partial charge in [-0.25, -0.2) is 0 Å². The Morgan fingerprint density at radius 1 is 1.38 bits per heavy atom. The Balaban J connectivity index is 1.97. The summed E-state index contributed by atoms with van der Waals surface area (Å²) in [6, 6.07) is 8.35. The Labute approximate surface area is 94.9 Å². The van der Waals surface area contributed by atoms with Crippen LogP contribution in [0.1, 0.15) is 18.4 Å². The zero-order chi connectivity index (χ0) is 11.1. The number of rotatable bonds is 3. The lowest BCUT2D eigenvalue weighted by Crippen LogP contribution is -2.10. The fraction of sp³-hybridized carbons (Fsp3) is 0.357. The van der Waals surface area contributed by atoms with E-state index in [9.17, 15) is 4.79 Å². The molecule has 0 radical (unpaired) electrons. The lowest BCUT2D eigenvalue weighted by Gasteiger charge is -2.04. The van der Waals surface area contributed by atoms with Crippen molar-refractivity contribution in [3.8, 4) is 0 Å². The van der Waals surface area contributed by atoms with Gasteiger partial charge in [-0.2, -0.15) is 0 Å². The van der Waals surface area contributed by atoms with E-state index in [1.807, 2.05) is 6.20 Å². The van der Waals surface area contributed by atoms with Crippen molar-refractivity contribution in [3.63, 3.8) is 0 Å². The smallest absolute Gasteiger partial charge is 0.155 e. The van der Waals surface area contributed by atoms with Crippen LogP contribution in [0.2, 0.25) is 0 Å². The van der Waals surface area contributed by atoms with Crippen molar-refractivity contribution >= 4 is 16.7 Å². The summed E-state index contributed by atoms with van der Waals surface area (Å²) in [6.45, 7) is 2.65. The Morgan fingerprint density at radius 3 is 2.94 bits per heavy atom. The fourth-order valence-electron chi connectivity index (χ4n) is 2.22. The Morgan fingerprint density at radius 2 is 2.19 bits per heavy atom. The third kappa shape index (κ3) is 1.54. The summed E-state index contributed by atoms with van der Waals surface area (Å²) in [5.41, 5.74) is 2.45. The molecule has 2 aromatic rings. The summed E-state index contributed by atoms with van der Waals surface area (Å²) < 4.78 is 2.07. The van der Waals surface area contributed by atoms with Gasteiger partial charge < -0.3 is 4.57 Å². The van der Waals surface area contributed by atoms with Gasteiger partial charge in [0, 0.05) is 23.0 Å². The second kappa shape index (κ2) is 3.48. The molecule has 1 fully saturated rings. The van der Waals surface area contributed by atoms with Crippen LogP contribution in [0.15, 0.2) is 30.5 Å². The first kappa shape index (κ1) is 9.64. The monoisotopic (exact) mass is 213 g/mol. The third-order valence-corrected chi connectivity index (χ3v) is 3.39. The van der Waals surface area contributed by atoms with Crippen molar-refractivity contribution in [2.24, 2.45) is 5.92 Å². The summed E-state index contributed by atoms with van der Waals surface area (Å²) in [6.07, 6.45) is 4.21. The molecule has 1 saturated carbocycles. The van der Waals surface area contributed by atoms with E-state index in [1.165, 1.54) is 16.5 Å². The lowest BCUT2D eigenvalue weighted by atomic mass is 10.1. The zero-order valence-corrected chi connectivity index (χ0v) is 9.44. The SMILES string of the molecule is Cc1cccc2c1ccn2CC(=O)C1CC1. The number of carbonyl (C=O) groups excluding carboxylic acids is 1. The molecule has 82 valence electrons. The topological polar surface area (TPSA) is 22.0 Å². The first-order valence-corrected chi connectivity index (χ1v) is 5.83. The molecule has 1 aliphatic carbocycles. The number of nitrogens with zero attached hydrogens (tertiary/aromatic N) is 1. The minimum absolute atomic E-state index is 0.349. The zero-order valence-electron chi connectivity index (χ0n) is 9.44. The Bertz CT molecular complexity index is 549. The van der Waals surface area contributed by atoms with Crippen LogP contribution in [0.3, 0.4) is 0 Å². The van der Waals surface area contributed by atoms with Gasteiger partial charge in [-0.05, 0) is 37.5 Å². The molecule has 0 bridgehead atoms. The number of fused-ring (bicyclic) bond motifs is 1. The van der Waals surface area contributed by atoms with E-state index < -0.39 is 0 Å². The van der Waals surface area contributed by atoms with Crippen molar-refractivity contribution < 1.29 is 4.79 Å². The van der Waals surface area contributed by atoms with Crippen LogP contribution < -0.4 is 0 Å². The maximum absolute atomic E-state index is 11.8. The molecule has 0 saturated heterocycles. The van der Waals surface area contributed by atoms with Crippen molar-refractivity contribution in [2.45, 2.75) is 26.3 Å². The Kier molecular flexibility index (Phi) is 2.10. The molecule has 0 spiro atoms. The number of ketones is 1. The highest BCUT2D eigenvalue weighted by Crippen LogP contribution is 2.31. The van der Waals surface area contributed by atoms with Crippen molar-refractivity contribution in [3.05, 3.63) is 36.0 Å². The molecule has 2 nitrogen and oxygen atoms in total. The van der Waals surface area contributed by atoms with Crippen LogP contribution in [-0.2, 0) is 11.3 Å². The third-order valence-electron chi connectivity index (χ3n) is 3.39. The van der Waals surface area contributed by atoms with Gasteiger partial charge in [0.05, 0.1) is 6.54 Å². The van der Waals surface area contributed by atoms with Crippen molar-refractivity contribution in [1.82, 2.24) is 4.57 Å². The average molecular weight is 213 g/mol. The maximum atomic E-state index is 11.8. The van der Waals surface area contributed by atoms with Gasteiger partial charge in [-0.3, -0.25) is 4.79 Å². The Hall–Kier alpha value is -1.57. The first-order chi connectivity index (χ1) is 7.75. The van der Waals surface area contributed by atoms with Gasteiger partial charge in [0.1, 0.15) is 0 Å². The maximum Gasteiger partial charge on any atom is 0.155 e. The summed E-state index contributed by atoms with van der Waals surface area (Å²) in [5, 5.41) is 1.26. The van der Waals surface area contributed by atoms with Gasteiger partial charge in [-0.1, -0.05) is 12.1 Å². The normalized spacial score (nSPS) is 15.6. The minimum Gasteiger partial charge on any atom is -0.340 e. The van der Waals surface area contributed by atoms with E-state index in [0.29, 0.717) is 18.2 Å². The predicted octanol–water partition coefficient (Wildman–Crippen LogP) is 2.93. The summed E-state index contributed by atoms with van der Waals surface area (Å²) in [7, 11) is 0. The second-order valence-electron chi connectivity index (χ2n) is 4.69. The standard InChI is InChI=1S/C14H15NO/c1-10-3-2-4-13-12(10)7-8-15(13)9-14(16)11-5-6-11/h2-4,7-8,11H,5-6,9H2,1H3. The number of carbonyl (C=O) groups is 1. The molecule has 0 unspecified atom stereocenters. The van der Waals surface area contributed by atoms with E-state index in [0.717, 1.165) is 12.8 Å². The molecule has 0 atom stereocenters. The number of aromatic nitrogens is 1. The number of hydrogen-bond acceptors (Lipinski definition) is 1. The van der Waals surface area contributed by atoms with Gasteiger partial charge in [0.15, 0.2) is 5.78 Å². The first-order valence-electron chi connectivity index (χ1n) is 5.83. The molecular formula is C14H15NO. The second-order valence-corrected chi connectivity index (χ2v) is 4.69. The summed E-state index contributed by atoms with van der Waals surface area (Å²) in [5.74, 6) is 0.737. The van der Waals surface area contributed by atoms with E-state index in [1.54, 1.807) is 0 Å². The molecule has 1 aromatic heterocycles. The molecule has 16 heavy (non-hydrogen) atoms. The van der Waals surface area contributed by atoms with Crippen LogP contribution in [0.25, 0.3) is 10.9 Å². The molecular weight excluding hydrogens is 198 g/mol. The summed E-state index contributed by atoms with van der Waals surface area (Å²) in [4.78, 5) is 11.8. The number of hydrogen-bond donors (Lipinski definition) is 0. The molecule has 2 heteroatoms. The summed E-state index contributed by atoms with van der Waals surface area (Å²) >= 11 is 0. The predicted molar refractivity (Wildman–Crippen MR) is 64.4 cm³/mol. The largest absolute Gasteiger partial charge is 0.340 e. The highest BCUT2D eigenvalue weighted by atomic mass is 16.1. The van der Waals surface area contributed by atoms with Crippen LogP contribution in [0, 0.1) is 12.8 Å². The molecule has 3 rings (SSSR count). The minimum atomic E-state index is 0.349. The van der Waals surface area contributed by atoms with E-state index in [2.05, 4.69) is 35.8 Å². The van der Waals surface area contributed by atoms with Gasteiger partial charge >= 0.3 is 0 Å². The van der Waals surface area contributed by atoms with E-state index in [4.69, 9.17) is 0 Å². The molecule has 1 aliphatic rings. The average Bonchev–Trinajstić information content (AvgIpc) is 3.04. The van der Waals surface area contributed by atoms with Crippen LogP contribution >= 0.6 is 0 Å². The quantitative estimate of drug-likeness (QED) is 0.768. The fourth-order valence-corrected chi connectivity index (χ4v) is 2.22. The highest BCUT2D eigenvalue weighted by molar-refractivity contribution is 5.87. The van der Waals surface area contributed by atoms with Crippen molar-refractivity contribution in [1.29, 1.82) is 0 Å². The molecule has 0 N–H and O–H groups in total. The van der Waals surface area contributed by atoms with E-state index in [-0.39, 0.29) is 0 Å². The number of benzene rings is 1. The van der Waals surface area contributed by atoms with Gasteiger partial charge in [0.25, 0.3) is 0 Å². The van der Waals surface area contributed by atoms with Gasteiger partial charge in [0.2, 0.25) is 0 Å². The van der Waals surface area contributed by atoms with Crippen LogP contribution in [0.5, 0.6) is 0 Å². The number of Topliss-reactive ketones (excluding diaryl/α,β-unsaturated/α-hetero) is 1. The molecule has 1 aromatic carbocycles.